The summed E-state index contributed by atoms with van der Waals surface area (Å²) in [4.78, 5) is 17.0. The Hall–Kier alpha value is -3.85. The lowest BCUT2D eigenvalue weighted by Gasteiger charge is -2.40. The first-order valence-corrected chi connectivity index (χ1v) is 16.7. The molecule has 0 saturated carbocycles. The van der Waals surface area contributed by atoms with Crippen molar-refractivity contribution >= 4 is 13.4 Å². The van der Waals surface area contributed by atoms with Gasteiger partial charge in [-0.3, -0.25) is 9.13 Å². The molecule has 0 unspecified atom stereocenters. The van der Waals surface area contributed by atoms with Crippen LogP contribution in [0, 0.1) is 0 Å². The van der Waals surface area contributed by atoms with Crippen molar-refractivity contribution < 1.29 is 23.1 Å². The number of ether oxygens (including phenoxy) is 2. The van der Waals surface area contributed by atoms with E-state index in [9.17, 15) is 9.36 Å². The van der Waals surface area contributed by atoms with E-state index in [1.807, 2.05) is 91.0 Å². The van der Waals surface area contributed by atoms with Crippen molar-refractivity contribution in [2.75, 3.05) is 12.3 Å². The normalized spacial score (nSPS) is 18.8. The van der Waals surface area contributed by atoms with Gasteiger partial charge in [0, 0.05) is 6.20 Å². The molecule has 0 spiro atoms. The minimum absolute atomic E-state index is 0.00956. The first kappa shape index (κ1) is 32.5. The quantitative estimate of drug-likeness (QED) is 0.105. The van der Waals surface area contributed by atoms with Crippen molar-refractivity contribution in [3.05, 3.63) is 143 Å². The van der Waals surface area contributed by atoms with Gasteiger partial charge in [-0.2, -0.15) is 4.98 Å². The first-order chi connectivity index (χ1) is 21.6. The molecular formula is C35H40N3O6P. The molecule has 3 atom stereocenters. The highest BCUT2D eigenvalue weighted by atomic mass is 31.2. The number of rotatable bonds is 12. The van der Waals surface area contributed by atoms with E-state index in [0.717, 1.165) is 16.7 Å². The third-order valence-corrected chi connectivity index (χ3v) is 9.72. The van der Waals surface area contributed by atoms with Crippen LogP contribution in [0.4, 0.5) is 5.82 Å². The van der Waals surface area contributed by atoms with Crippen molar-refractivity contribution in [2.24, 2.45) is 0 Å². The minimum Gasteiger partial charge on any atom is -0.383 e. The van der Waals surface area contributed by atoms with Crippen LogP contribution in [0.2, 0.25) is 0 Å². The van der Waals surface area contributed by atoms with E-state index in [-0.39, 0.29) is 24.6 Å². The molecule has 0 radical (unpaired) electrons. The summed E-state index contributed by atoms with van der Waals surface area (Å²) >= 11 is 0. The molecule has 2 N–H and O–H groups in total. The zero-order chi connectivity index (χ0) is 32.0. The van der Waals surface area contributed by atoms with Gasteiger partial charge in [0.05, 0.1) is 24.9 Å². The largest absolute Gasteiger partial charge is 0.383 e. The summed E-state index contributed by atoms with van der Waals surface area (Å²) in [7, 11) is -3.81. The topological polar surface area (TPSA) is 115 Å². The summed E-state index contributed by atoms with van der Waals surface area (Å²) in [6.45, 7) is 7.16. The molecule has 0 saturated heterocycles. The number of nitrogen functional groups attached to an aromatic ring is 1. The first-order valence-electron chi connectivity index (χ1n) is 15.1. The Bertz CT molecular complexity index is 1570. The second-order valence-electron chi connectivity index (χ2n) is 11.4. The molecule has 1 aromatic heterocycles. The average molecular weight is 630 g/mol. The molecule has 45 heavy (non-hydrogen) atoms. The number of nitrogens with two attached hydrogens (primary N) is 1. The van der Waals surface area contributed by atoms with E-state index < -0.39 is 36.9 Å². The number of nitrogens with zero attached hydrogens (tertiary/aromatic N) is 2. The van der Waals surface area contributed by atoms with Crippen LogP contribution in [0.5, 0.6) is 0 Å². The number of hydrogen-bond donors (Lipinski definition) is 1. The fraction of sp³-hybridized carbons (Fsp3) is 0.314. The zero-order valence-corrected chi connectivity index (χ0v) is 26.8. The van der Waals surface area contributed by atoms with E-state index >= 15 is 0 Å². The monoisotopic (exact) mass is 629 g/mol. The molecule has 5 rings (SSSR count). The molecule has 2 heterocycles. The van der Waals surface area contributed by atoms with Crippen molar-refractivity contribution in [2.45, 2.75) is 63.5 Å². The summed E-state index contributed by atoms with van der Waals surface area (Å²) in [5.74, 6) is -0.928. The van der Waals surface area contributed by atoms with Crippen LogP contribution < -0.4 is 11.4 Å². The molecule has 9 nitrogen and oxygen atoms in total. The molecule has 0 amide bonds. The summed E-state index contributed by atoms with van der Waals surface area (Å²) in [5.41, 5.74) is 6.93. The number of benzene rings is 3. The van der Waals surface area contributed by atoms with Crippen LogP contribution in [-0.2, 0) is 28.7 Å². The van der Waals surface area contributed by atoms with Crippen LogP contribution in [0.15, 0.2) is 120 Å². The zero-order valence-electron chi connectivity index (χ0n) is 25.9. The van der Waals surface area contributed by atoms with Crippen LogP contribution in [0.1, 0.15) is 50.4 Å². The fourth-order valence-corrected chi connectivity index (χ4v) is 7.67. The Morgan fingerprint density at radius 2 is 1.31 bits per heavy atom. The lowest BCUT2D eigenvalue weighted by Crippen LogP contribution is -2.44. The summed E-state index contributed by atoms with van der Waals surface area (Å²) in [6, 6.07) is 30.8. The van der Waals surface area contributed by atoms with Crippen LogP contribution in [0.25, 0.3) is 0 Å². The lowest BCUT2D eigenvalue weighted by atomic mass is 9.80. The second kappa shape index (κ2) is 14.1. The van der Waals surface area contributed by atoms with Crippen molar-refractivity contribution in [3.63, 3.8) is 0 Å². The predicted octanol–water partition coefficient (Wildman–Crippen LogP) is 6.70. The maximum Gasteiger partial charge on any atom is 0.363 e. The molecule has 0 bridgehead atoms. The van der Waals surface area contributed by atoms with Crippen molar-refractivity contribution in [3.8, 4) is 0 Å². The van der Waals surface area contributed by atoms with Crippen LogP contribution >= 0.6 is 7.60 Å². The third-order valence-electron chi connectivity index (χ3n) is 7.37. The third kappa shape index (κ3) is 7.19. The van der Waals surface area contributed by atoms with Crippen LogP contribution in [0.3, 0.4) is 0 Å². The molecule has 0 aliphatic carbocycles. The van der Waals surface area contributed by atoms with Gasteiger partial charge in [-0.15, -0.1) is 0 Å². The van der Waals surface area contributed by atoms with Crippen molar-refractivity contribution in [1.29, 1.82) is 0 Å². The summed E-state index contributed by atoms with van der Waals surface area (Å²) in [5, 5.41) is 0. The average Bonchev–Trinajstić information content (AvgIpc) is 3.02. The maximum absolute atomic E-state index is 14.2. The molecule has 1 aliphatic rings. The number of aromatic nitrogens is 2. The van der Waals surface area contributed by atoms with Gasteiger partial charge in [-0.25, -0.2) is 4.79 Å². The molecular weight excluding hydrogens is 589 g/mol. The highest BCUT2D eigenvalue weighted by Crippen LogP contribution is 2.57. The van der Waals surface area contributed by atoms with Gasteiger partial charge in [-0.05, 0) is 56.5 Å². The molecule has 0 fully saturated rings. The molecule has 1 aliphatic heterocycles. The smallest absolute Gasteiger partial charge is 0.363 e. The second-order valence-corrected chi connectivity index (χ2v) is 13.4. The number of hydrogen-bond acceptors (Lipinski definition) is 8. The van der Waals surface area contributed by atoms with E-state index in [0.29, 0.717) is 0 Å². The minimum atomic E-state index is -3.81. The highest BCUT2D eigenvalue weighted by Gasteiger charge is 2.45. The van der Waals surface area contributed by atoms with Crippen LogP contribution in [-0.4, -0.2) is 40.3 Å². The van der Waals surface area contributed by atoms with Gasteiger partial charge in [0.1, 0.15) is 17.5 Å². The van der Waals surface area contributed by atoms with Gasteiger partial charge >= 0.3 is 13.3 Å². The summed E-state index contributed by atoms with van der Waals surface area (Å²) < 4.78 is 41.0. The Labute approximate surface area is 264 Å². The van der Waals surface area contributed by atoms with Gasteiger partial charge in [-0.1, -0.05) is 97.1 Å². The van der Waals surface area contributed by atoms with E-state index in [2.05, 4.69) is 4.98 Å². The number of anilines is 1. The van der Waals surface area contributed by atoms with Gasteiger partial charge in [0.15, 0.2) is 5.85 Å². The Balaban J connectivity index is 1.62. The molecule has 3 aromatic carbocycles. The Morgan fingerprint density at radius 1 is 0.822 bits per heavy atom. The predicted molar refractivity (Wildman–Crippen MR) is 175 cm³/mol. The molecule has 4 aromatic rings. The molecule has 10 heteroatoms. The van der Waals surface area contributed by atoms with E-state index in [1.54, 1.807) is 52.1 Å². The van der Waals surface area contributed by atoms with Gasteiger partial charge in [0.25, 0.3) is 0 Å². The van der Waals surface area contributed by atoms with Gasteiger partial charge in [0.2, 0.25) is 0 Å². The van der Waals surface area contributed by atoms with Crippen molar-refractivity contribution in [1.82, 2.24) is 9.55 Å². The SMILES string of the molecule is CC(C)OP(=O)(OC(C)C)[C@@H]1C=C[C@H](n2ccc(N)nc2=O)[C@H](COC(c2ccccc2)(c2ccccc2)c2ccccc2)O1. The summed E-state index contributed by atoms with van der Waals surface area (Å²) in [6.07, 6.45) is 3.41. The lowest BCUT2D eigenvalue weighted by molar-refractivity contribution is -0.0881. The van der Waals surface area contributed by atoms with E-state index in [4.69, 9.17) is 24.3 Å². The Kier molecular flexibility index (Phi) is 10.2. The Morgan fingerprint density at radius 3 is 1.76 bits per heavy atom. The van der Waals surface area contributed by atoms with E-state index in [1.165, 1.54) is 4.57 Å². The maximum atomic E-state index is 14.2. The van der Waals surface area contributed by atoms with Gasteiger partial charge < -0.3 is 24.3 Å². The standard InChI is InChI=1S/C35H40N3O6P/c1-25(2)43-45(40,44-26(3)4)33-21-20-30(38-23-22-32(36)37-34(38)39)31(42-33)24-41-35(27-14-8-5-9-15-27,28-16-10-6-11-17-28)29-18-12-7-13-19-29/h5-23,25-26,30-31,33H,24H2,1-4H3,(H2,36,37,39)/t30-,31-,33+/m0/s1. The molecule has 236 valence electrons. The highest BCUT2D eigenvalue weighted by molar-refractivity contribution is 7.54. The fourth-order valence-electron chi connectivity index (χ4n) is 5.59.